The zero-order chi connectivity index (χ0) is 16.2. The number of nitrogens with zero attached hydrogens (tertiary/aromatic N) is 2. The van der Waals surface area contributed by atoms with Gasteiger partial charge in [0.05, 0.1) is 18.2 Å². The Hall–Kier alpha value is -2.70. The molecule has 3 nitrogen and oxygen atoms in total. The molecule has 1 atom stereocenters. The van der Waals surface area contributed by atoms with Crippen LogP contribution in [0.1, 0.15) is 18.1 Å². The number of pyridine rings is 1. The molecule has 0 fully saturated rings. The van der Waals surface area contributed by atoms with Crippen molar-refractivity contribution in [1.82, 2.24) is 4.98 Å². The van der Waals surface area contributed by atoms with Crippen LogP contribution in [0.15, 0.2) is 54.7 Å². The first-order chi connectivity index (χ1) is 11.2. The molecule has 1 aromatic heterocycles. The molecular formula is C20H18N2O. The van der Waals surface area contributed by atoms with E-state index in [1.807, 2.05) is 43.3 Å². The van der Waals surface area contributed by atoms with Crippen LogP contribution in [0.2, 0.25) is 0 Å². The Morgan fingerprint density at radius 2 is 2.00 bits per heavy atom. The van der Waals surface area contributed by atoms with Gasteiger partial charge in [0.1, 0.15) is 0 Å². The number of aliphatic hydroxyl groups excluding tert-OH is 1. The van der Waals surface area contributed by atoms with Crippen LogP contribution in [0.5, 0.6) is 0 Å². The van der Waals surface area contributed by atoms with E-state index in [9.17, 15) is 5.11 Å². The van der Waals surface area contributed by atoms with Crippen molar-refractivity contribution in [2.75, 3.05) is 0 Å². The third-order valence-electron chi connectivity index (χ3n) is 3.95. The van der Waals surface area contributed by atoms with E-state index in [4.69, 9.17) is 5.26 Å². The molecular weight excluding hydrogens is 284 g/mol. The Bertz CT molecular complexity index is 880. The van der Waals surface area contributed by atoms with Gasteiger partial charge in [-0.15, -0.1) is 0 Å². The Morgan fingerprint density at radius 3 is 2.78 bits per heavy atom. The molecule has 114 valence electrons. The Kier molecular flexibility index (Phi) is 4.36. The molecule has 3 rings (SSSR count). The second kappa shape index (κ2) is 6.60. The minimum absolute atomic E-state index is 0.0182. The highest BCUT2D eigenvalue weighted by atomic mass is 16.3. The molecule has 3 aromatic rings. The van der Waals surface area contributed by atoms with Gasteiger partial charge in [0.2, 0.25) is 0 Å². The molecule has 0 aliphatic heterocycles. The number of hydrogen-bond acceptors (Lipinski definition) is 3. The molecule has 0 aliphatic carbocycles. The van der Waals surface area contributed by atoms with Gasteiger partial charge in [0.15, 0.2) is 0 Å². The number of rotatable bonds is 4. The van der Waals surface area contributed by atoms with Gasteiger partial charge in [-0.25, -0.2) is 0 Å². The quantitative estimate of drug-likeness (QED) is 0.789. The maximum absolute atomic E-state index is 9.38. The Morgan fingerprint density at radius 1 is 1.13 bits per heavy atom. The van der Waals surface area contributed by atoms with E-state index in [2.05, 4.69) is 23.2 Å². The van der Waals surface area contributed by atoms with Gasteiger partial charge in [-0.3, -0.25) is 4.98 Å². The van der Waals surface area contributed by atoms with Crippen LogP contribution in [0.25, 0.3) is 22.0 Å². The van der Waals surface area contributed by atoms with E-state index in [1.54, 1.807) is 6.20 Å². The summed E-state index contributed by atoms with van der Waals surface area (Å²) in [7, 11) is 0. The van der Waals surface area contributed by atoms with Gasteiger partial charge in [0, 0.05) is 23.1 Å². The van der Waals surface area contributed by atoms with Crippen LogP contribution < -0.4 is 0 Å². The summed E-state index contributed by atoms with van der Waals surface area (Å²) in [4.78, 5) is 4.53. The molecule has 2 aromatic carbocycles. The average molecular weight is 302 g/mol. The maximum Gasteiger partial charge on any atom is 0.0780 e. The highest BCUT2D eigenvalue weighted by Gasteiger charge is 2.10. The summed E-state index contributed by atoms with van der Waals surface area (Å²) in [6, 6.07) is 18.3. The third-order valence-corrected chi connectivity index (χ3v) is 3.95. The molecule has 0 radical (unpaired) electrons. The third kappa shape index (κ3) is 3.23. The van der Waals surface area contributed by atoms with Crippen LogP contribution in [0.3, 0.4) is 0 Å². The molecule has 0 bridgehead atoms. The zero-order valence-corrected chi connectivity index (χ0v) is 13.0. The number of nitriles is 1. The maximum atomic E-state index is 9.38. The van der Waals surface area contributed by atoms with Crippen molar-refractivity contribution in [3.8, 4) is 17.2 Å². The van der Waals surface area contributed by atoms with Crippen LogP contribution >= 0.6 is 0 Å². The standard InChI is InChI=1S/C20H18N2O/c1-14(12-21)8-16-10-18-6-3-7-22-20(18)19(11-16)17-5-2-4-15(9-17)13-23/h2-7,9-11,14,23H,8,13H2,1H3. The predicted octanol–water partition coefficient (Wildman–Crippen LogP) is 4.10. The number of fused-ring (bicyclic) bond motifs is 1. The summed E-state index contributed by atoms with van der Waals surface area (Å²) < 4.78 is 0. The van der Waals surface area contributed by atoms with E-state index >= 15 is 0 Å². The number of benzene rings is 2. The van der Waals surface area contributed by atoms with Gasteiger partial charge in [-0.1, -0.05) is 24.3 Å². The highest BCUT2D eigenvalue weighted by Crippen LogP contribution is 2.30. The van der Waals surface area contributed by atoms with Gasteiger partial charge in [-0.05, 0) is 54.3 Å². The minimum Gasteiger partial charge on any atom is -0.392 e. The average Bonchev–Trinajstić information content (AvgIpc) is 2.61. The number of aliphatic hydroxyl groups is 1. The Labute approximate surface area is 135 Å². The molecule has 0 saturated heterocycles. The first-order valence-electron chi connectivity index (χ1n) is 7.68. The number of aromatic nitrogens is 1. The van der Waals surface area contributed by atoms with Gasteiger partial charge in [-0.2, -0.15) is 5.26 Å². The SMILES string of the molecule is CC(C#N)Cc1cc(-c2cccc(CO)c2)c2ncccc2c1. The summed E-state index contributed by atoms with van der Waals surface area (Å²) in [5, 5.41) is 19.5. The first-order valence-corrected chi connectivity index (χ1v) is 7.68. The van der Waals surface area contributed by atoms with Gasteiger partial charge < -0.3 is 5.11 Å². The molecule has 0 aliphatic rings. The smallest absolute Gasteiger partial charge is 0.0780 e. The second-order valence-electron chi connectivity index (χ2n) is 5.81. The van der Waals surface area contributed by atoms with Crippen LogP contribution in [-0.2, 0) is 13.0 Å². The van der Waals surface area contributed by atoms with E-state index in [-0.39, 0.29) is 12.5 Å². The minimum atomic E-state index is -0.0271. The molecule has 0 saturated carbocycles. The molecule has 1 unspecified atom stereocenters. The van der Waals surface area contributed by atoms with Crippen molar-refractivity contribution >= 4 is 10.9 Å². The fraction of sp³-hybridized carbons (Fsp3) is 0.200. The van der Waals surface area contributed by atoms with E-state index < -0.39 is 0 Å². The molecule has 23 heavy (non-hydrogen) atoms. The first kappa shape index (κ1) is 15.2. The van der Waals surface area contributed by atoms with Crippen LogP contribution in [-0.4, -0.2) is 10.1 Å². The van der Waals surface area contributed by atoms with Gasteiger partial charge in [0.25, 0.3) is 0 Å². The predicted molar refractivity (Wildman–Crippen MR) is 91.6 cm³/mol. The largest absolute Gasteiger partial charge is 0.392 e. The molecule has 0 spiro atoms. The van der Waals surface area contributed by atoms with Crippen molar-refractivity contribution in [2.45, 2.75) is 20.0 Å². The van der Waals surface area contributed by atoms with Crippen LogP contribution in [0, 0.1) is 17.2 Å². The monoisotopic (exact) mass is 302 g/mol. The molecule has 1 heterocycles. The zero-order valence-electron chi connectivity index (χ0n) is 13.0. The lowest BCUT2D eigenvalue weighted by atomic mass is 9.94. The number of hydrogen-bond donors (Lipinski definition) is 1. The summed E-state index contributed by atoms with van der Waals surface area (Å²) >= 11 is 0. The van der Waals surface area contributed by atoms with Gasteiger partial charge >= 0.3 is 0 Å². The van der Waals surface area contributed by atoms with Crippen molar-refractivity contribution in [2.24, 2.45) is 5.92 Å². The lowest BCUT2D eigenvalue weighted by molar-refractivity contribution is 0.282. The Balaban J connectivity index is 2.19. The lowest BCUT2D eigenvalue weighted by Crippen LogP contribution is -1.98. The molecule has 1 N–H and O–H groups in total. The highest BCUT2D eigenvalue weighted by molar-refractivity contribution is 5.94. The second-order valence-corrected chi connectivity index (χ2v) is 5.81. The van der Waals surface area contributed by atoms with Crippen molar-refractivity contribution in [3.63, 3.8) is 0 Å². The summed E-state index contributed by atoms with van der Waals surface area (Å²) in [5.41, 5.74) is 5.02. The van der Waals surface area contributed by atoms with E-state index in [1.165, 1.54) is 0 Å². The van der Waals surface area contributed by atoms with Crippen molar-refractivity contribution in [1.29, 1.82) is 5.26 Å². The fourth-order valence-electron chi connectivity index (χ4n) is 2.83. The van der Waals surface area contributed by atoms with Crippen molar-refractivity contribution < 1.29 is 5.11 Å². The van der Waals surface area contributed by atoms with E-state index in [0.717, 1.165) is 33.2 Å². The van der Waals surface area contributed by atoms with Crippen molar-refractivity contribution in [3.05, 3.63) is 65.9 Å². The van der Waals surface area contributed by atoms with Crippen LogP contribution in [0.4, 0.5) is 0 Å². The fourth-order valence-corrected chi connectivity index (χ4v) is 2.83. The normalized spacial score (nSPS) is 12.0. The molecule has 3 heteroatoms. The lowest BCUT2D eigenvalue weighted by Gasteiger charge is -2.11. The molecule has 0 amide bonds. The summed E-state index contributed by atoms with van der Waals surface area (Å²) in [6.07, 6.45) is 2.51. The van der Waals surface area contributed by atoms with E-state index in [0.29, 0.717) is 6.42 Å². The topological polar surface area (TPSA) is 56.9 Å². The summed E-state index contributed by atoms with van der Waals surface area (Å²) in [5.74, 6) is -0.0271. The summed E-state index contributed by atoms with van der Waals surface area (Å²) in [6.45, 7) is 1.95.